The quantitative estimate of drug-likeness (QED) is 0.918. The van der Waals surface area contributed by atoms with E-state index in [-0.39, 0.29) is 16.9 Å². The monoisotopic (exact) mass is 306 g/mol. The molecule has 1 saturated heterocycles. The Balaban J connectivity index is 2.30. The van der Waals surface area contributed by atoms with Crippen LogP contribution in [0.2, 0.25) is 0 Å². The summed E-state index contributed by atoms with van der Waals surface area (Å²) < 4.78 is 15.6. The molecule has 8 heteroatoms. The molecule has 2 aromatic rings. The highest BCUT2D eigenvalue weighted by atomic mass is 19.1. The zero-order valence-electron chi connectivity index (χ0n) is 12.0. The van der Waals surface area contributed by atoms with Crippen molar-refractivity contribution in [3.8, 4) is 0 Å². The van der Waals surface area contributed by atoms with Gasteiger partial charge in [0.25, 0.3) is 0 Å². The molecule has 1 N–H and O–H groups in total. The first kappa shape index (κ1) is 14.4. The number of aromatic carboxylic acids is 1. The predicted octanol–water partition coefficient (Wildman–Crippen LogP) is 1.25. The van der Waals surface area contributed by atoms with Crippen molar-refractivity contribution in [2.24, 2.45) is 0 Å². The molecule has 1 aliphatic heterocycles. The summed E-state index contributed by atoms with van der Waals surface area (Å²) in [5.41, 5.74) is -1.23. The van der Waals surface area contributed by atoms with E-state index in [1.54, 1.807) is 6.92 Å². The van der Waals surface area contributed by atoms with Crippen LogP contribution >= 0.6 is 0 Å². The van der Waals surface area contributed by atoms with E-state index in [1.165, 1.54) is 4.68 Å². The maximum atomic E-state index is 14.3. The van der Waals surface area contributed by atoms with Gasteiger partial charge in [-0.2, -0.15) is 5.10 Å². The number of halogens is 1. The third-order valence-corrected chi connectivity index (χ3v) is 3.77. The van der Waals surface area contributed by atoms with Gasteiger partial charge in [-0.1, -0.05) is 0 Å². The van der Waals surface area contributed by atoms with Crippen molar-refractivity contribution in [3.05, 3.63) is 27.8 Å². The number of hydrogen-bond donors (Lipinski definition) is 1. The van der Waals surface area contributed by atoms with Gasteiger partial charge in [0, 0.05) is 19.6 Å². The molecule has 3 heterocycles. The number of carboxylic acids is 1. The Morgan fingerprint density at radius 1 is 1.41 bits per heavy atom. The number of fused-ring (bicyclic) bond motifs is 1. The molecule has 0 saturated carbocycles. The summed E-state index contributed by atoms with van der Waals surface area (Å²) in [6, 6.07) is 1.07. The minimum absolute atomic E-state index is 0.0605. The Labute approximate surface area is 125 Å². The summed E-state index contributed by atoms with van der Waals surface area (Å²) in [5, 5.41) is 12.8. The topological polar surface area (TPSA) is 88.3 Å². The number of aryl methyl sites for hydroxylation is 1. The Morgan fingerprint density at radius 3 is 2.68 bits per heavy atom. The highest BCUT2D eigenvalue weighted by Crippen LogP contribution is 2.24. The number of nitrogens with zero attached hydrogens (tertiary/aromatic N) is 4. The normalized spacial score (nSPS) is 14.7. The van der Waals surface area contributed by atoms with E-state index < -0.39 is 22.9 Å². The maximum absolute atomic E-state index is 14.3. The van der Waals surface area contributed by atoms with Gasteiger partial charge in [0.2, 0.25) is 11.1 Å². The average molecular weight is 306 g/mol. The third-order valence-electron chi connectivity index (χ3n) is 3.77. The number of hydrogen-bond acceptors (Lipinski definition) is 5. The van der Waals surface area contributed by atoms with E-state index in [0.717, 1.165) is 18.9 Å². The molecule has 3 rings (SSSR count). The zero-order chi connectivity index (χ0) is 15.9. The van der Waals surface area contributed by atoms with E-state index in [1.807, 2.05) is 4.90 Å². The Kier molecular flexibility index (Phi) is 3.51. The number of aromatic nitrogens is 3. The number of anilines is 1. The molecular formula is C14H15FN4O3. The van der Waals surface area contributed by atoms with E-state index in [0.29, 0.717) is 19.6 Å². The minimum Gasteiger partial charge on any atom is -0.476 e. The fraction of sp³-hybridized carbons (Fsp3) is 0.429. The van der Waals surface area contributed by atoms with Crippen molar-refractivity contribution in [1.82, 2.24) is 14.8 Å². The summed E-state index contributed by atoms with van der Waals surface area (Å²) in [6.45, 7) is 3.51. The fourth-order valence-electron chi connectivity index (χ4n) is 2.69. The lowest BCUT2D eigenvalue weighted by Gasteiger charge is -2.18. The van der Waals surface area contributed by atoms with Gasteiger partial charge in [0.1, 0.15) is 0 Å². The maximum Gasteiger partial charge on any atom is 0.360 e. The molecule has 116 valence electrons. The smallest absolute Gasteiger partial charge is 0.360 e. The van der Waals surface area contributed by atoms with Crippen molar-refractivity contribution < 1.29 is 14.3 Å². The van der Waals surface area contributed by atoms with Gasteiger partial charge in [0.05, 0.1) is 5.39 Å². The van der Waals surface area contributed by atoms with Crippen molar-refractivity contribution in [2.75, 3.05) is 18.0 Å². The molecule has 0 aromatic carbocycles. The number of carboxylic acid groups (broad SMARTS) is 1. The first-order chi connectivity index (χ1) is 10.5. The fourth-order valence-corrected chi connectivity index (χ4v) is 2.69. The van der Waals surface area contributed by atoms with Crippen LogP contribution in [-0.2, 0) is 6.54 Å². The van der Waals surface area contributed by atoms with Crippen molar-refractivity contribution in [1.29, 1.82) is 0 Å². The van der Waals surface area contributed by atoms with Crippen LogP contribution < -0.4 is 10.3 Å². The molecule has 1 fully saturated rings. The highest BCUT2D eigenvalue weighted by molar-refractivity contribution is 5.89. The van der Waals surface area contributed by atoms with E-state index in [9.17, 15) is 14.0 Å². The van der Waals surface area contributed by atoms with Crippen LogP contribution in [-0.4, -0.2) is 38.9 Å². The zero-order valence-corrected chi connectivity index (χ0v) is 12.0. The lowest BCUT2D eigenvalue weighted by Crippen LogP contribution is -2.25. The Hall–Kier alpha value is -2.51. The number of rotatable bonds is 3. The molecule has 0 bridgehead atoms. The van der Waals surface area contributed by atoms with Crippen LogP contribution in [0.1, 0.15) is 30.3 Å². The minimum atomic E-state index is -1.43. The van der Waals surface area contributed by atoms with Gasteiger partial charge >= 0.3 is 5.97 Å². The van der Waals surface area contributed by atoms with Crippen LogP contribution in [0.25, 0.3) is 11.0 Å². The highest BCUT2D eigenvalue weighted by Gasteiger charge is 2.22. The van der Waals surface area contributed by atoms with Gasteiger partial charge < -0.3 is 10.0 Å². The van der Waals surface area contributed by atoms with Gasteiger partial charge in [-0.25, -0.2) is 18.9 Å². The van der Waals surface area contributed by atoms with Gasteiger partial charge in [-0.05, 0) is 25.8 Å². The van der Waals surface area contributed by atoms with E-state index in [4.69, 9.17) is 5.11 Å². The molecule has 2 aromatic heterocycles. The average Bonchev–Trinajstić information content (AvgIpc) is 3.01. The first-order valence-corrected chi connectivity index (χ1v) is 7.12. The SMILES string of the molecule is CCn1nc(C(=O)O)c(=O)c2cc(F)c(N3CCCC3)nc21. The molecule has 0 aliphatic carbocycles. The van der Waals surface area contributed by atoms with Crippen LogP contribution in [0.4, 0.5) is 10.2 Å². The second-order valence-electron chi connectivity index (χ2n) is 5.16. The summed E-state index contributed by atoms with van der Waals surface area (Å²) in [5.74, 6) is -1.86. The third kappa shape index (κ3) is 2.20. The van der Waals surface area contributed by atoms with E-state index in [2.05, 4.69) is 10.1 Å². The Morgan fingerprint density at radius 2 is 2.09 bits per heavy atom. The summed E-state index contributed by atoms with van der Waals surface area (Å²) in [6.07, 6.45) is 1.94. The summed E-state index contributed by atoms with van der Waals surface area (Å²) in [4.78, 5) is 29.3. The summed E-state index contributed by atoms with van der Waals surface area (Å²) in [7, 11) is 0. The second kappa shape index (κ2) is 5.36. The number of carbonyl (C=O) groups is 1. The van der Waals surface area contributed by atoms with Crippen LogP contribution in [0.15, 0.2) is 10.9 Å². The van der Waals surface area contributed by atoms with Crippen LogP contribution in [0.3, 0.4) is 0 Å². The molecule has 0 unspecified atom stereocenters. The van der Waals surface area contributed by atoms with E-state index >= 15 is 0 Å². The largest absolute Gasteiger partial charge is 0.476 e. The van der Waals surface area contributed by atoms with Crippen molar-refractivity contribution >= 4 is 22.8 Å². The lowest BCUT2D eigenvalue weighted by molar-refractivity contribution is 0.0686. The van der Waals surface area contributed by atoms with Gasteiger partial charge in [-0.3, -0.25) is 4.79 Å². The van der Waals surface area contributed by atoms with Crippen LogP contribution in [0.5, 0.6) is 0 Å². The lowest BCUT2D eigenvalue weighted by atomic mass is 10.2. The second-order valence-corrected chi connectivity index (χ2v) is 5.16. The molecule has 0 amide bonds. The molecule has 0 atom stereocenters. The molecule has 7 nitrogen and oxygen atoms in total. The Bertz CT molecular complexity index is 812. The van der Waals surface area contributed by atoms with Crippen molar-refractivity contribution in [3.63, 3.8) is 0 Å². The summed E-state index contributed by atoms with van der Waals surface area (Å²) >= 11 is 0. The molecular weight excluding hydrogens is 291 g/mol. The van der Waals surface area contributed by atoms with Crippen molar-refractivity contribution in [2.45, 2.75) is 26.3 Å². The van der Waals surface area contributed by atoms with Gasteiger partial charge in [0.15, 0.2) is 17.3 Å². The predicted molar refractivity (Wildman–Crippen MR) is 77.8 cm³/mol. The first-order valence-electron chi connectivity index (χ1n) is 7.12. The molecule has 0 spiro atoms. The molecule has 22 heavy (non-hydrogen) atoms. The molecule has 1 aliphatic rings. The standard InChI is InChI=1S/C14H15FN4O3/c1-2-19-12-8(11(20)10(17-19)14(21)22)7-9(15)13(16-12)18-5-3-4-6-18/h7H,2-6H2,1H3,(H,21,22). The molecule has 0 radical (unpaired) electrons. The number of pyridine rings is 1. The van der Waals surface area contributed by atoms with Gasteiger partial charge in [-0.15, -0.1) is 0 Å². The van der Waals surface area contributed by atoms with Crippen LogP contribution in [0, 0.1) is 5.82 Å².